The maximum Gasteiger partial charge on any atom is 0.231 e. The van der Waals surface area contributed by atoms with Crippen LogP contribution >= 0.6 is 0 Å². The van der Waals surface area contributed by atoms with Crippen molar-refractivity contribution in [2.24, 2.45) is 0 Å². The third-order valence-corrected chi connectivity index (χ3v) is 5.69. The van der Waals surface area contributed by atoms with Gasteiger partial charge in [-0.25, -0.2) is 4.39 Å². The number of benzene rings is 3. The predicted octanol–water partition coefficient (Wildman–Crippen LogP) is 5.43. The normalized spacial score (nSPS) is 12.7. The second-order valence-corrected chi connectivity index (χ2v) is 7.78. The molecule has 5 nitrogen and oxygen atoms in total. The van der Waals surface area contributed by atoms with Crippen LogP contribution in [0, 0.1) is 12.7 Å². The summed E-state index contributed by atoms with van der Waals surface area (Å²) >= 11 is 0. The number of rotatable bonds is 3. The van der Waals surface area contributed by atoms with E-state index in [4.69, 9.17) is 9.47 Å². The molecule has 31 heavy (non-hydrogen) atoms. The average molecular weight is 411 g/mol. The molecule has 3 heterocycles. The van der Waals surface area contributed by atoms with E-state index >= 15 is 0 Å². The van der Waals surface area contributed by atoms with Gasteiger partial charge in [-0.05, 0) is 30.7 Å². The first-order chi connectivity index (χ1) is 15.2. The molecule has 6 rings (SSSR count). The van der Waals surface area contributed by atoms with Crippen LogP contribution in [0.5, 0.6) is 11.5 Å². The van der Waals surface area contributed by atoms with Crippen molar-refractivity contribution >= 4 is 10.9 Å². The highest BCUT2D eigenvalue weighted by Gasteiger charge is 2.24. The highest BCUT2D eigenvalue weighted by Crippen LogP contribution is 2.42. The van der Waals surface area contributed by atoms with Crippen LogP contribution in [0.3, 0.4) is 0 Å². The first-order valence-corrected chi connectivity index (χ1v) is 10.1. The van der Waals surface area contributed by atoms with Gasteiger partial charge in [-0.2, -0.15) is 0 Å². The van der Waals surface area contributed by atoms with Gasteiger partial charge in [-0.3, -0.25) is 0 Å². The molecule has 3 aromatic rings. The summed E-state index contributed by atoms with van der Waals surface area (Å²) in [5.74, 6) is 1.16. The zero-order valence-electron chi connectivity index (χ0n) is 16.8. The fraction of sp³-hybridized carbons (Fsp3) is 0.120. The number of fused-ring (bicyclic) bond motifs is 4. The molecule has 3 aromatic carbocycles. The van der Waals surface area contributed by atoms with Crippen molar-refractivity contribution in [2.75, 3.05) is 6.79 Å². The lowest BCUT2D eigenvalue weighted by Gasteiger charge is -2.16. The zero-order chi connectivity index (χ0) is 20.9. The summed E-state index contributed by atoms with van der Waals surface area (Å²) < 4.78 is 26.8. The lowest BCUT2D eigenvalue weighted by molar-refractivity contribution is 0.174. The van der Waals surface area contributed by atoms with Crippen LogP contribution in [-0.2, 0) is 6.54 Å². The quantitative estimate of drug-likeness (QED) is 0.397. The Labute approximate surface area is 178 Å². The molecule has 0 aliphatic carbocycles. The summed E-state index contributed by atoms with van der Waals surface area (Å²) in [6.45, 7) is 2.84. The van der Waals surface area contributed by atoms with Crippen LogP contribution in [0.25, 0.3) is 33.4 Å². The molecule has 3 aliphatic heterocycles. The highest BCUT2D eigenvalue weighted by atomic mass is 19.1. The number of aryl methyl sites for hydroxylation is 1. The number of ether oxygens (including phenoxy) is 2. The van der Waals surface area contributed by atoms with Gasteiger partial charge in [-0.15, -0.1) is 10.2 Å². The van der Waals surface area contributed by atoms with Gasteiger partial charge in [0.25, 0.3) is 0 Å². The number of aromatic nitrogens is 3. The number of pyridine rings is 1. The lowest BCUT2D eigenvalue weighted by Crippen LogP contribution is -2.04. The minimum absolute atomic E-state index is 0.202. The van der Waals surface area contributed by atoms with E-state index in [1.54, 1.807) is 12.1 Å². The molecular weight excluding hydrogens is 393 g/mol. The van der Waals surface area contributed by atoms with E-state index in [0.29, 0.717) is 18.0 Å². The summed E-state index contributed by atoms with van der Waals surface area (Å²) in [5, 5.41) is 9.97. The van der Waals surface area contributed by atoms with Crippen LogP contribution in [0.1, 0.15) is 11.1 Å². The topological polar surface area (TPSA) is 49.2 Å². The van der Waals surface area contributed by atoms with Crippen molar-refractivity contribution in [2.45, 2.75) is 13.5 Å². The second kappa shape index (κ2) is 6.80. The minimum Gasteiger partial charge on any atom is -0.454 e. The van der Waals surface area contributed by atoms with Crippen LogP contribution < -0.4 is 9.47 Å². The Balaban J connectivity index is 1.59. The molecule has 3 aliphatic rings. The molecule has 0 atom stereocenters. The molecule has 0 radical (unpaired) electrons. The molecule has 0 bridgehead atoms. The Bertz CT molecular complexity index is 1390. The summed E-state index contributed by atoms with van der Waals surface area (Å²) in [5.41, 5.74) is 6.77. The van der Waals surface area contributed by atoms with Gasteiger partial charge in [0.2, 0.25) is 6.79 Å². The predicted molar refractivity (Wildman–Crippen MR) is 116 cm³/mol. The maximum absolute atomic E-state index is 13.4. The number of hydrogen-bond acceptors (Lipinski definition) is 4. The molecule has 0 saturated carbocycles. The van der Waals surface area contributed by atoms with E-state index in [2.05, 4.69) is 52.2 Å². The van der Waals surface area contributed by atoms with Gasteiger partial charge in [0.15, 0.2) is 11.5 Å². The minimum atomic E-state index is -0.247. The number of hydrogen-bond donors (Lipinski definition) is 0. The Morgan fingerprint density at radius 3 is 2.39 bits per heavy atom. The van der Waals surface area contributed by atoms with Crippen molar-refractivity contribution in [3.8, 4) is 34.0 Å². The van der Waals surface area contributed by atoms with E-state index in [9.17, 15) is 4.39 Å². The van der Waals surface area contributed by atoms with Crippen molar-refractivity contribution in [1.82, 2.24) is 14.8 Å². The molecule has 6 heteroatoms. The number of halogens is 1. The third kappa shape index (κ3) is 2.99. The second-order valence-electron chi connectivity index (χ2n) is 7.78. The van der Waals surface area contributed by atoms with E-state index in [-0.39, 0.29) is 12.6 Å². The summed E-state index contributed by atoms with van der Waals surface area (Å²) in [6, 6.07) is 18.8. The molecule has 0 spiro atoms. The van der Waals surface area contributed by atoms with Crippen LogP contribution in [-0.4, -0.2) is 21.6 Å². The monoisotopic (exact) mass is 411 g/mol. The maximum atomic E-state index is 13.4. The van der Waals surface area contributed by atoms with Gasteiger partial charge < -0.3 is 14.0 Å². The Morgan fingerprint density at radius 2 is 1.61 bits per heavy atom. The van der Waals surface area contributed by atoms with Crippen LogP contribution in [0.2, 0.25) is 0 Å². The largest absolute Gasteiger partial charge is 0.454 e. The van der Waals surface area contributed by atoms with Crippen molar-refractivity contribution in [3.05, 3.63) is 83.8 Å². The van der Waals surface area contributed by atoms with E-state index < -0.39 is 0 Å². The fourth-order valence-electron chi connectivity index (χ4n) is 4.07. The molecule has 0 fully saturated rings. The Hall–Kier alpha value is -3.93. The molecule has 0 unspecified atom stereocenters. The SMILES string of the molecule is Cc1ccc(-c2nnc3c4cc5c(cc4n(Cc4ccc(F)cc4)cc2-3)OCO5)cc1. The Morgan fingerprint density at radius 1 is 0.903 bits per heavy atom. The summed E-state index contributed by atoms with van der Waals surface area (Å²) in [6.07, 6.45) is 2.07. The summed E-state index contributed by atoms with van der Waals surface area (Å²) in [4.78, 5) is 0. The van der Waals surface area contributed by atoms with E-state index in [0.717, 1.165) is 39.0 Å². The average Bonchev–Trinajstić information content (AvgIpc) is 3.41. The van der Waals surface area contributed by atoms with E-state index in [1.165, 1.54) is 17.7 Å². The molecule has 0 amide bonds. The van der Waals surface area contributed by atoms with Crippen molar-refractivity contribution in [1.29, 1.82) is 0 Å². The van der Waals surface area contributed by atoms with E-state index in [1.807, 2.05) is 12.1 Å². The van der Waals surface area contributed by atoms with Crippen LogP contribution in [0.15, 0.2) is 66.9 Å². The lowest BCUT2D eigenvalue weighted by atomic mass is 10.0. The fourth-order valence-corrected chi connectivity index (χ4v) is 4.07. The van der Waals surface area contributed by atoms with Crippen molar-refractivity contribution < 1.29 is 13.9 Å². The molecular formula is C25H18FN3O2. The standard InChI is InChI=1S/C25H18FN3O2/c1-15-2-6-17(7-3-15)24-20-13-29(12-16-4-8-18(26)9-5-16)21-11-23-22(30-14-31-23)10-19(21)25(20)28-27-24/h2-11,13H,12,14H2,1H3. The third-order valence-electron chi connectivity index (χ3n) is 5.69. The molecule has 0 aromatic heterocycles. The smallest absolute Gasteiger partial charge is 0.231 e. The molecule has 0 saturated heterocycles. The molecule has 152 valence electrons. The van der Waals surface area contributed by atoms with Gasteiger partial charge in [-0.1, -0.05) is 42.0 Å². The van der Waals surface area contributed by atoms with Gasteiger partial charge in [0.05, 0.1) is 5.52 Å². The van der Waals surface area contributed by atoms with Crippen LogP contribution in [0.4, 0.5) is 4.39 Å². The summed E-state index contributed by atoms with van der Waals surface area (Å²) in [7, 11) is 0. The first-order valence-electron chi connectivity index (χ1n) is 10.1. The number of nitrogens with zero attached hydrogens (tertiary/aromatic N) is 3. The van der Waals surface area contributed by atoms with Gasteiger partial charge in [0, 0.05) is 35.3 Å². The van der Waals surface area contributed by atoms with Gasteiger partial charge >= 0.3 is 0 Å². The molecule has 0 N–H and O–H groups in total. The van der Waals surface area contributed by atoms with Gasteiger partial charge in [0.1, 0.15) is 17.2 Å². The zero-order valence-corrected chi connectivity index (χ0v) is 16.8. The van der Waals surface area contributed by atoms with Crippen molar-refractivity contribution in [3.63, 3.8) is 0 Å². The Kier molecular flexibility index (Phi) is 3.93. The highest BCUT2D eigenvalue weighted by molar-refractivity contribution is 5.99. The first kappa shape index (κ1) is 17.9.